The van der Waals surface area contributed by atoms with Gasteiger partial charge in [0.25, 0.3) is 0 Å². The molecule has 0 saturated heterocycles. The number of allylic oxidation sites excluding steroid dienone is 4. The van der Waals surface area contributed by atoms with Crippen LogP contribution in [-0.2, 0) is 24.4 Å². The molecule has 0 saturated carbocycles. The van der Waals surface area contributed by atoms with Crippen molar-refractivity contribution in [2.75, 3.05) is 0 Å². The standard InChI is InChI=1S/C12H10O.C11H17OSi.C3H6.Ti/c13-12-8-4-7-11(9-12)10-5-2-1-3-6-10;1-5-7-10-8-6-9-11(10)12-13(2,3)4;1-3-2;/h1-9,13H;5,9H,1,6-7H2,2-4H3;1-2H3;/q;-1;;+1. The van der Waals surface area contributed by atoms with E-state index in [0.29, 0.717) is 5.75 Å². The summed E-state index contributed by atoms with van der Waals surface area (Å²) in [5.74, 6) is 1.35. The average molecular weight is 454 g/mol. The van der Waals surface area contributed by atoms with Gasteiger partial charge in [-0.2, -0.15) is 5.57 Å². The Bertz CT molecular complexity index is 873. The van der Waals surface area contributed by atoms with Gasteiger partial charge in [-0.3, -0.25) is 6.08 Å². The van der Waals surface area contributed by atoms with Gasteiger partial charge in [-0.05, 0) is 49.3 Å². The molecule has 0 amide bonds. The van der Waals surface area contributed by atoms with E-state index < -0.39 is 8.32 Å². The second kappa shape index (κ2) is 13.4. The SMILES string of the molecule is C=CCC1=[C-]CC=C1O[Si](C)(C)C.C[C](C)=[Ti+].Oc1cccc(-c2ccccc2)c1. The number of aromatic hydroxyl groups is 1. The molecule has 4 heteroatoms. The summed E-state index contributed by atoms with van der Waals surface area (Å²) in [5, 5.41) is 9.27. The molecule has 0 aromatic heterocycles. The van der Waals surface area contributed by atoms with Gasteiger partial charge < -0.3 is 9.53 Å². The van der Waals surface area contributed by atoms with E-state index in [-0.39, 0.29) is 0 Å². The smallest absolute Gasteiger partial charge is 0.116 e. The van der Waals surface area contributed by atoms with E-state index in [1.54, 1.807) is 12.1 Å². The van der Waals surface area contributed by atoms with Crippen LogP contribution in [0.1, 0.15) is 26.7 Å². The second-order valence-electron chi connectivity index (χ2n) is 8.05. The molecule has 2 aromatic rings. The van der Waals surface area contributed by atoms with Crippen molar-refractivity contribution in [3.05, 3.63) is 90.7 Å². The number of phenols is 1. The molecule has 157 valence electrons. The summed E-state index contributed by atoms with van der Waals surface area (Å²) in [7, 11) is -1.46. The van der Waals surface area contributed by atoms with E-state index in [0.717, 1.165) is 29.7 Å². The molecule has 30 heavy (non-hydrogen) atoms. The summed E-state index contributed by atoms with van der Waals surface area (Å²) in [6.07, 6.45) is 9.05. The predicted octanol–water partition coefficient (Wildman–Crippen LogP) is 7.24. The van der Waals surface area contributed by atoms with Crippen molar-refractivity contribution < 1.29 is 29.5 Å². The molecule has 0 spiro atoms. The zero-order valence-electron chi connectivity index (χ0n) is 18.8. The van der Waals surface area contributed by atoms with Crippen LogP contribution in [0, 0.1) is 6.08 Å². The molecule has 2 aromatic carbocycles. The van der Waals surface area contributed by atoms with Crippen molar-refractivity contribution >= 4 is 12.1 Å². The molecule has 2 nitrogen and oxygen atoms in total. The van der Waals surface area contributed by atoms with Gasteiger partial charge in [0.2, 0.25) is 8.32 Å². The van der Waals surface area contributed by atoms with Gasteiger partial charge in [0.05, 0.1) is 0 Å². The summed E-state index contributed by atoms with van der Waals surface area (Å²) in [4.78, 5) is 0. The average Bonchev–Trinajstić information content (AvgIpc) is 3.08. The first kappa shape index (κ1) is 26.1. The molecule has 1 aliphatic rings. The van der Waals surface area contributed by atoms with Crippen molar-refractivity contribution in [1.29, 1.82) is 0 Å². The zero-order chi connectivity index (χ0) is 22.6. The van der Waals surface area contributed by atoms with E-state index in [9.17, 15) is 5.11 Å². The van der Waals surface area contributed by atoms with E-state index in [4.69, 9.17) is 4.43 Å². The number of rotatable bonds is 5. The van der Waals surface area contributed by atoms with Crippen LogP contribution in [0.15, 0.2) is 84.7 Å². The molecule has 0 atom stereocenters. The molecule has 0 fully saturated rings. The monoisotopic (exact) mass is 453 g/mol. The van der Waals surface area contributed by atoms with Crippen molar-refractivity contribution in [2.45, 2.75) is 46.3 Å². The quantitative estimate of drug-likeness (QED) is 0.294. The number of benzene rings is 2. The summed E-state index contributed by atoms with van der Waals surface area (Å²) >= 11 is 2.08. The Balaban J connectivity index is 0.000000256. The first-order valence-electron chi connectivity index (χ1n) is 10.1. The van der Waals surface area contributed by atoms with Crippen LogP contribution in [-0.4, -0.2) is 17.2 Å². The fraction of sp³-hybridized carbons (Fsp3) is 0.269. The predicted molar refractivity (Wildman–Crippen MR) is 129 cm³/mol. The van der Waals surface area contributed by atoms with E-state index in [2.05, 4.69) is 72.2 Å². The van der Waals surface area contributed by atoms with Gasteiger partial charge in [0.1, 0.15) is 5.75 Å². The Kier molecular flexibility index (Phi) is 11.6. The minimum atomic E-state index is -1.46. The molecule has 1 aliphatic carbocycles. The maximum absolute atomic E-state index is 9.27. The summed E-state index contributed by atoms with van der Waals surface area (Å²) < 4.78 is 7.33. The molecule has 0 unspecified atom stereocenters. The number of hydrogen-bond donors (Lipinski definition) is 1. The van der Waals surface area contributed by atoms with Crippen LogP contribution in [0.4, 0.5) is 0 Å². The molecule has 0 radical (unpaired) electrons. The largest absolute Gasteiger partial charge is 0.508 e. The molecule has 1 N–H and O–H groups in total. The summed E-state index contributed by atoms with van der Waals surface area (Å²) in [6, 6.07) is 17.3. The Morgan fingerprint density at radius 3 is 2.23 bits per heavy atom. The van der Waals surface area contributed by atoms with E-state index in [1.807, 2.05) is 48.5 Å². The van der Waals surface area contributed by atoms with Crippen LogP contribution < -0.4 is 0 Å². The molecular formula is C26H33O2SiTi. The van der Waals surface area contributed by atoms with Crippen LogP contribution in [0.3, 0.4) is 0 Å². The van der Waals surface area contributed by atoms with Gasteiger partial charge in [0.15, 0.2) is 0 Å². The first-order chi connectivity index (χ1) is 14.1. The molecule has 0 aliphatic heterocycles. The Labute approximate surface area is 195 Å². The summed E-state index contributed by atoms with van der Waals surface area (Å²) in [6.45, 7) is 14.5. The molecule has 3 rings (SSSR count). The van der Waals surface area contributed by atoms with Gasteiger partial charge in [-0.15, -0.1) is 19.1 Å². The first-order valence-corrected chi connectivity index (χ1v) is 14.3. The Morgan fingerprint density at radius 2 is 1.70 bits per heavy atom. The fourth-order valence-electron chi connectivity index (χ4n) is 2.54. The fourth-order valence-corrected chi connectivity index (χ4v) is 3.41. The third kappa shape index (κ3) is 11.3. The number of phenolic OH excluding ortho intramolecular Hbond substituents is 1. The maximum Gasteiger partial charge on any atom is 0.116 e. The van der Waals surface area contributed by atoms with Crippen molar-refractivity contribution in [2.24, 2.45) is 0 Å². The Hall–Kier alpha value is -1.94. The molecule has 0 bridgehead atoms. The number of hydrogen-bond acceptors (Lipinski definition) is 2. The summed E-state index contributed by atoms with van der Waals surface area (Å²) in [5.41, 5.74) is 3.34. The Morgan fingerprint density at radius 1 is 1.10 bits per heavy atom. The van der Waals surface area contributed by atoms with Crippen molar-refractivity contribution in [3.63, 3.8) is 0 Å². The molecular weight excluding hydrogens is 420 g/mol. The van der Waals surface area contributed by atoms with Crippen LogP contribution in [0.5, 0.6) is 5.75 Å². The maximum atomic E-state index is 9.27. The van der Waals surface area contributed by atoms with Crippen molar-refractivity contribution in [3.8, 4) is 16.9 Å². The topological polar surface area (TPSA) is 29.5 Å². The zero-order valence-corrected chi connectivity index (χ0v) is 21.4. The minimum Gasteiger partial charge on any atom is -0.508 e. The van der Waals surface area contributed by atoms with Gasteiger partial charge in [0, 0.05) is 0 Å². The minimum absolute atomic E-state index is 0.307. The van der Waals surface area contributed by atoms with Crippen molar-refractivity contribution in [1.82, 2.24) is 0 Å². The van der Waals surface area contributed by atoms with Gasteiger partial charge in [-0.1, -0.05) is 54.3 Å². The van der Waals surface area contributed by atoms with Gasteiger partial charge >= 0.3 is 37.6 Å². The van der Waals surface area contributed by atoms with Crippen LogP contribution in [0.2, 0.25) is 19.6 Å². The van der Waals surface area contributed by atoms with Gasteiger partial charge in [-0.25, -0.2) is 0 Å². The van der Waals surface area contributed by atoms with E-state index >= 15 is 0 Å². The normalized spacial score (nSPS) is 12.4. The van der Waals surface area contributed by atoms with E-state index in [1.165, 1.54) is 9.38 Å². The van der Waals surface area contributed by atoms with Crippen LogP contribution in [0.25, 0.3) is 11.1 Å². The third-order valence-electron chi connectivity index (χ3n) is 3.62. The molecule has 0 heterocycles. The second-order valence-corrected chi connectivity index (χ2v) is 14.0. The van der Waals surface area contributed by atoms with Crippen LogP contribution >= 0.6 is 0 Å². The third-order valence-corrected chi connectivity index (χ3v) is 4.45.